The Morgan fingerprint density at radius 2 is 1.64 bits per heavy atom. The third kappa shape index (κ3) is 4.62. The van der Waals surface area contributed by atoms with Gasteiger partial charge >= 0.3 is 6.18 Å². The van der Waals surface area contributed by atoms with Crippen molar-refractivity contribution in [3.8, 4) is 5.75 Å². The predicted octanol–water partition coefficient (Wildman–Crippen LogP) is 3.49. The Hall–Kier alpha value is -3.03. The summed E-state index contributed by atoms with van der Waals surface area (Å²) in [4.78, 5) is 25.5. The van der Waals surface area contributed by atoms with E-state index in [0.717, 1.165) is 12.1 Å². The number of piperidine rings is 1. The van der Waals surface area contributed by atoms with Crippen molar-refractivity contribution >= 4 is 11.8 Å². The number of nitrogens with zero attached hydrogens (tertiary/aromatic N) is 1. The van der Waals surface area contributed by atoms with E-state index in [-0.39, 0.29) is 23.3 Å². The molecular weight excluding hydrogens is 373 g/mol. The first-order chi connectivity index (χ1) is 13.2. The first-order valence-corrected chi connectivity index (χ1v) is 8.77. The number of carbonyl (C=O) groups is 2. The van der Waals surface area contributed by atoms with Gasteiger partial charge in [0, 0.05) is 37.1 Å². The highest BCUT2D eigenvalue weighted by atomic mass is 19.4. The van der Waals surface area contributed by atoms with Gasteiger partial charge in [-0.1, -0.05) is 12.1 Å². The zero-order valence-electron chi connectivity index (χ0n) is 14.9. The minimum atomic E-state index is -4.42. The zero-order valence-corrected chi connectivity index (χ0v) is 14.9. The van der Waals surface area contributed by atoms with E-state index in [1.54, 1.807) is 17.0 Å². The fourth-order valence-electron chi connectivity index (χ4n) is 3.10. The first kappa shape index (κ1) is 19.7. The summed E-state index contributed by atoms with van der Waals surface area (Å²) in [5.74, 6) is -0.669. The Balaban J connectivity index is 1.60. The van der Waals surface area contributed by atoms with E-state index < -0.39 is 17.6 Å². The molecule has 2 aromatic rings. The molecule has 0 bridgehead atoms. The van der Waals surface area contributed by atoms with Crippen molar-refractivity contribution in [2.75, 3.05) is 13.1 Å². The highest BCUT2D eigenvalue weighted by Gasteiger charge is 2.31. The molecule has 2 N–H and O–H groups in total. The molecule has 1 saturated heterocycles. The van der Waals surface area contributed by atoms with Crippen LogP contribution < -0.4 is 10.5 Å². The molecule has 0 aromatic heterocycles. The van der Waals surface area contributed by atoms with Gasteiger partial charge in [0.2, 0.25) is 5.91 Å². The van der Waals surface area contributed by atoms with E-state index in [1.165, 1.54) is 24.3 Å². The highest BCUT2D eigenvalue weighted by Crippen LogP contribution is 2.32. The highest BCUT2D eigenvalue weighted by molar-refractivity contribution is 5.99. The number of carbonyl (C=O) groups excluding carboxylic acids is 2. The SMILES string of the molecule is NC(=O)c1cccc(C(=O)N2CCC(Oc3cccc(C(F)(F)F)c3)CC2)c1. The van der Waals surface area contributed by atoms with Crippen molar-refractivity contribution in [1.82, 2.24) is 4.90 Å². The van der Waals surface area contributed by atoms with E-state index in [9.17, 15) is 22.8 Å². The number of hydrogen-bond donors (Lipinski definition) is 1. The maximum atomic E-state index is 12.8. The van der Waals surface area contributed by atoms with Crippen molar-refractivity contribution in [2.45, 2.75) is 25.1 Å². The van der Waals surface area contributed by atoms with Crippen LogP contribution in [0.15, 0.2) is 48.5 Å². The molecule has 0 atom stereocenters. The number of nitrogens with two attached hydrogens (primary N) is 1. The number of benzene rings is 2. The molecular formula is C20H19F3N2O3. The molecule has 148 valence electrons. The summed E-state index contributed by atoms with van der Waals surface area (Å²) in [6.07, 6.45) is -3.70. The van der Waals surface area contributed by atoms with Gasteiger partial charge in [0.25, 0.3) is 5.91 Å². The Morgan fingerprint density at radius 1 is 1.00 bits per heavy atom. The Morgan fingerprint density at radius 3 is 2.29 bits per heavy atom. The smallest absolute Gasteiger partial charge is 0.416 e. The summed E-state index contributed by atoms with van der Waals surface area (Å²) in [7, 11) is 0. The second-order valence-electron chi connectivity index (χ2n) is 6.58. The molecule has 0 spiro atoms. The summed E-state index contributed by atoms with van der Waals surface area (Å²) in [5, 5.41) is 0. The molecule has 1 heterocycles. The summed E-state index contributed by atoms with van der Waals surface area (Å²) < 4.78 is 44.1. The van der Waals surface area contributed by atoms with E-state index in [2.05, 4.69) is 0 Å². The van der Waals surface area contributed by atoms with Crippen LogP contribution in [0.2, 0.25) is 0 Å². The molecule has 28 heavy (non-hydrogen) atoms. The maximum absolute atomic E-state index is 12.8. The molecule has 1 aliphatic heterocycles. The molecule has 0 radical (unpaired) electrons. The largest absolute Gasteiger partial charge is 0.490 e. The van der Waals surface area contributed by atoms with Gasteiger partial charge in [-0.25, -0.2) is 0 Å². The Labute approximate surface area is 159 Å². The van der Waals surface area contributed by atoms with Gasteiger partial charge in [0.05, 0.1) is 5.56 Å². The Bertz CT molecular complexity index is 875. The van der Waals surface area contributed by atoms with Crippen LogP contribution in [-0.2, 0) is 6.18 Å². The van der Waals surface area contributed by atoms with Crippen LogP contribution in [0.5, 0.6) is 5.75 Å². The Kier molecular flexibility index (Phi) is 5.58. The lowest BCUT2D eigenvalue weighted by atomic mass is 10.0. The van der Waals surface area contributed by atoms with Crippen LogP contribution >= 0.6 is 0 Å². The topological polar surface area (TPSA) is 72.6 Å². The van der Waals surface area contributed by atoms with Crippen LogP contribution in [0.25, 0.3) is 0 Å². The number of primary amides is 1. The fraction of sp³-hybridized carbons (Fsp3) is 0.300. The van der Waals surface area contributed by atoms with Crippen LogP contribution in [0.4, 0.5) is 13.2 Å². The molecule has 0 unspecified atom stereocenters. The van der Waals surface area contributed by atoms with Gasteiger partial charge in [-0.3, -0.25) is 9.59 Å². The van der Waals surface area contributed by atoms with E-state index in [4.69, 9.17) is 10.5 Å². The number of ether oxygens (including phenoxy) is 1. The van der Waals surface area contributed by atoms with Gasteiger partial charge in [0.15, 0.2) is 0 Å². The molecule has 3 rings (SSSR count). The van der Waals surface area contributed by atoms with Gasteiger partial charge in [0.1, 0.15) is 11.9 Å². The second-order valence-corrected chi connectivity index (χ2v) is 6.58. The van der Waals surface area contributed by atoms with Gasteiger partial charge in [-0.15, -0.1) is 0 Å². The quantitative estimate of drug-likeness (QED) is 0.866. The predicted molar refractivity (Wildman–Crippen MR) is 96.0 cm³/mol. The average molecular weight is 392 g/mol. The van der Waals surface area contributed by atoms with E-state index in [1.807, 2.05) is 0 Å². The lowest BCUT2D eigenvalue weighted by Gasteiger charge is -2.32. The molecule has 5 nitrogen and oxygen atoms in total. The summed E-state index contributed by atoms with van der Waals surface area (Å²) in [6.45, 7) is 0.812. The fourth-order valence-corrected chi connectivity index (χ4v) is 3.10. The summed E-state index contributed by atoms with van der Waals surface area (Å²) in [5.41, 5.74) is 5.11. The molecule has 1 fully saturated rings. The van der Waals surface area contributed by atoms with Crippen molar-refractivity contribution in [1.29, 1.82) is 0 Å². The summed E-state index contributed by atoms with van der Waals surface area (Å²) >= 11 is 0. The zero-order chi connectivity index (χ0) is 20.3. The molecule has 0 aliphatic carbocycles. The number of likely N-dealkylation sites (tertiary alicyclic amines) is 1. The standard InChI is InChI=1S/C20H19F3N2O3/c21-20(22,23)15-5-2-6-17(12-15)28-16-7-9-25(10-8-16)19(27)14-4-1-3-13(11-14)18(24)26/h1-6,11-12,16H,7-10H2,(H2,24,26). The van der Waals surface area contributed by atoms with Gasteiger partial charge < -0.3 is 15.4 Å². The minimum Gasteiger partial charge on any atom is -0.490 e. The third-order valence-electron chi connectivity index (χ3n) is 4.59. The lowest BCUT2D eigenvalue weighted by molar-refractivity contribution is -0.137. The molecule has 1 aliphatic rings. The molecule has 2 aromatic carbocycles. The van der Waals surface area contributed by atoms with Crippen LogP contribution in [0.3, 0.4) is 0 Å². The average Bonchev–Trinajstić information content (AvgIpc) is 2.68. The van der Waals surface area contributed by atoms with Crippen LogP contribution in [0, 0.1) is 0 Å². The first-order valence-electron chi connectivity index (χ1n) is 8.77. The van der Waals surface area contributed by atoms with Crippen molar-refractivity contribution in [3.63, 3.8) is 0 Å². The van der Waals surface area contributed by atoms with E-state index in [0.29, 0.717) is 31.5 Å². The number of rotatable bonds is 4. The third-order valence-corrected chi connectivity index (χ3v) is 4.59. The van der Waals surface area contributed by atoms with Crippen LogP contribution in [0.1, 0.15) is 39.1 Å². The van der Waals surface area contributed by atoms with Crippen molar-refractivity contribution in [3.05, 3.63) is 65.2 Å². The van der Waals surface area contributed by atoms with Crippen LogP contribution in [-0.4, -0.2) is 35.9 Å². The number of hydrogen-bond acceptors (Lipinski definition) is 3. The maximum Gasteiger partial charge on any atom is 0.416 e. The van der Waals surface area contributed by atoms with Crippen molar-refractivity contribution < 1.29 is 27.5 Å². The van der Waals surface area contributed by atoms with Crippen molar-refractivity contribution in [2.24, 2.45) is 5.73 Å². The van der Waals surface area contributed by atoms with E-state index >= 15 is 0 Å². The number of halogens is 3. The second kappa shape index (κ2) is 7.92. The molecule has 8 heteroatoms. The monoisotopic (exact) mass is 392 g/mol. The molecule has 0 saturated carbocycles. The van der Waals surface area contributed by atoms with Gasteiger partial charge in [-0.05, 0) is 36.4 Å². The summed E-state index contributed by atoms with van der Waals surface area (Å²) in [6, 6.07) is 11.0. The minimum absolute atomic E-state index is 0.161. The van der Waals surface area contributed by atoms with Gasteiger partial charge in [-0.2, -0.15) is 13.2 Å². The number of amides is 2. The molecule has 2 amide bonds. The lowest BCUT2D eigenvalue weighted by Crippen LogP contribution is -2.41. The number of alkyl halides is 3. The normalized spacial score (nSPS) is 15.3.